The average molecular weight is 345 g/mol. The first-order valence-electron chi connectivity index (χ1n) is 6.09. The Labute approximate surface area is 125 Å². The second-order valence-corrected chi connectivity index (χ2v) is 5.21. The van der Waals surface area contributed by atoms with Crippen molar-refractivity contribution >= 4 is 33.6 Å². The largest absolute Gasteiger partial charge is 0.478 e. The number of carbonyl (C=O) groups excluding carboxylic acids is 1. The van der Waals surface area contributed by atoms with Crippen LogP contribution in [-0.2, 0) is 4.74 Å². The molecule has 0 aliphatic carbocycles. The number of aromatic carboxylic acids is 1. The number of halogens is 1. The van der Waals surface area contributed by atoms with E-state index in [0.29, 0.717) is 17.6 Å². The van der Waals surface area contributed by atoms with Crippen molar-refractivity contribution in [2.45, 2.75) is 20.0 Å². The van der Waals surface area contributed by atoms with Gasteiger partial charge in [-0.15, -0.1) is 0 Å². The van der Waals surface area contributed by atoms with Crippen LogP contribution in [0.3, 0.4) is 0 Å². The summed E-state index contributed by atoms with van der Waals surface area (Å²) >= 11 is 3.23. The molecule has 0 saturated carbocycles. The highest BCUT2D eigenvalue weighted by Gasteiger charge is 2.12. The van der Waals surface area contributed by atoms with Crippen molar-refractivity contribution in [1.82, 2.24) is 5.32 Å². The van der Waals surface area contributed by atoms with Gasteiger partial charge in [-0.2, -0.15) is 0 Å². The Morgan fingerprint density at radius 2 is 2.10 bits per heavy atom. The third kappa shape index (κ3) is 5.58. The fourth-order valence-electron chi connectivity index (χ4n) is 1.43. The van der Waals surface area contributed by atoms with Gasteiger partial charge in [0, 0.05) is 11.0 Å². The molecular weight excluding hydrogens is 328 g/mol. The summed E-state index contributed by atoms with van der Waals surface area (Å²) in [6, 6.07) is 4.08. The Hall–Kier alpha value is -1.60. The van der Waals surface area contributed by atoms with E-state index in [9.17, 15) is 9.59 Å². The van der Waals surface area contributed by atoms with Crippen molar-refractivity contribution in [1.29, 1.82) is 0 Å². The molecule has 0 aliphatic heterocycles. The van der Waals surface area contributed by atoms with Crippen molar-refractivity contribution in [3.8, 4) is 0 Å². The molecule has 0 unspecified atom stereocenters. The van der Waals surface area contributed by atoms with Gasteiger partial charge in [0.25, 0.3) is 0 Å². The summed E-state index contributed by atoms with van der Waals surface area (Å²) < 4.78 is 5.96. The van der Waals surface area contributed by atoms with Gasteiger partial charge in [-0.05, 0) is 32.0 Å². The van der Waals surface area contributed by atoms with Crippen LogP contribution in [0, 0.1) is 0 Å². The minimum Gasteiger partial charge on any atom is -0.478 e. The van der Waals surface area contributed by atoms with Gasteiger partial charge < -0.3 is 20.5 Å². The molecule has 0 atom stereocenters. The monoisotopic (exact) mass is 344 g/mol. The second kappa shape index (κ2) is 7.86. The zero-order valence-electron chi connectivity index (χ0n) is 11.3. The van der Waals surface area contributed by atoms with Gasteiger partial charge in [-0.25, -0.2) is 9.59 Å². The molecule has 0 saturated heterocycles. The Morgan fingerprint density at radius 1 is 1.40 bits per heavy atom. The summed E-state index contributed by atoms with van der Waals surface area (Å²) in [5, 5.41) is 14.1. The smallest absolute Gasteiger partial charge is 0.337 e. The van der Waals surface area contributed by atoms with E-state index in [-0.39, 0.29) is 17.4 Å². The van der Waals surface area contributed by atoms with E-state index in [4.69, 9.17) is 9.84 Å². The van der Waals surface area contributed by atoms with E-state index in [1.807, 2.05) is 13.8 Å². The van der Waals surface area contributed by atoms with Crippen molar-refractivity contribution in [2.75, 3.05) is 18.5 Å². The molecule has 6 nitrogen and oxygen atoms in total. The highest BCUT2D eigenvalue weighted by Crippen LogP contribution is 2.21. The summed E-state index contributed by atoms with van der Waals surface area (Å²) in [5.41, 5.74) is 0.260. The van der Waals surface area contributed by atoms with Gasteiger partial charge in [0.1, 0.15) is 0 Å². The number of carboxylic acid groups (broad SMARTS) is 1. The zero-order valence-corrected chi connectivity index (χ0v) is 12.9. The molecule has 0 aromatic heterocycles. The van der Waals surface area contributed by atoms with E-state index in [2.05, 4.69) is 26.6 Å². The van der Waals surface area contributed by atoms with E-state index in [1.165, 1.54) is 12.1 Å². The lowest BCUT2D eigenvalue weighted by Gasteiger charge is -2.11. The molecule has 0 bridgehead atoms. The molecule has 0 aliphatic rings. The van der Waals surface area contributed by atoms with Gasteiger partial charge in [0.2, 0.25) is 0 Å². The molecule has 110 valence electrons. The van der Waals surface area contributed by atoms with Crippen LogP contribution in [0.15, 0.2) is 22.7 Å². The van der Waals surface area contributed by atoms with E-state index < -0.39 is 12.0 Å². The minimum atomic E-state index is -1.10. The lowest BCUT2D eigenvalue weighted by Crippen LogP contribution is -2.32. The number of amides is 2. The van der Waals surface area contributed by atoms with Crippen LogP contribution in [-0.4, -0.2) is 36.4 Å². The standard InChI is InChI=1S/C13H17BrN2O4/c1-8(2)20-6-5-15-13(19)16-11-7-9(14)3-4-10(11)12(17)18/h3-4,7-8H,5-6H2,1-2H3,(H,17,18)(H2,15,16,19). The summed E-state index contributed by atoms with van der Waals surface area (Å²) in [4.78, 5) is 22.7. The Balaban J connectivity index is 2.57. The van der Waals surface area contributed by atoms with Crippen LogP contribution in [0.5, 0.6) is 0 Å². The molecule has 0 spiro atoms. The number of hydrogen-bond acceptors (Lipinski definition) is 3. The van der Waals surface area contributed by atoms with E-state index >= 15 is 0 Å². The fourth-order valence-corrected chi connectivity index (χ4v) is 1.79. The summed E-state index contributed by atoms with van der Waals surface area (Å²) in [5.74, 6) is -1.10. The number of urea groups is 1. The molecule has 20 heavy (non-hydrogen) atoms. The van der Waals surface area contributed by atoms with Crippen LogP contribution < -0.4 is 10.6 Å². The van der Waals surface area contributed by atoms with Gasteiger partial charge in [0.05, 0.1) is 24.0 Å². The first-order valence-corrected chi connectivity index (χ1v) is 6.88. The second-order valence-electron chi connectivity index (χ2n) is 4.30. The topological polar surface area (TPSA) is 87.7 Å². The van der Waals surface area contributed by atoms with Gasteiger partial charge in [0.15, 0.2) is 0 Å². The number of benzene rings is 1. The van der Waals surface area contributed by atoms with Crippen LogP contribution in [0.2, 0.25) is 0 Å². The van der Waals surface area contributed by atoms with Gasteiger partial charge >= 0.3 is 12.0 Å². The maximum absolute atomic E-state index is 11.7. The summed E-state index contributed by atoms with van der Waals surface area (Å²) in [7, 11) is 0. The van der Waals surface area contributed by atoms with Gasteiger partial charge in [-0.1, -0.05) is 15.9 Å². The van der Waals surface area contributed by atoms with Crippen LogP contribution in [0.25, 0.3) is 0 Å². The highest BCUT2D eigenvalue weighted by atomic mass is 79.9. The van der Waals surface area contributed by atoms with Crippen molar-refractivity contribution in [3.63, 3.8) is 0 Å². The molecule has 0 radical (unpaired) electrons. The molecule has 7 heteroatoms. The lowest BCUT2D eigenvalue weighted by atomic mass is 10.2. The number of hydrogen-bond donors (Lipinski definition) is 3. The quantitative estimate of drug-likeness (QED) is 0.692. The molecule has 1 aromatic rings. The molecule has 1 rings (SSSR count). The predicted molar refractivity (Wildman–Crippen MR) is 79.2 cm³/mol. The molecule has 1 aromatic carbocycles. The van der Waals surface area contributed by atoms with Crippen molar-refractivity contribution in [3.05, 3.63) is 28.2 Å². The van der Waals surface area contributed by atoms with Crippen LogP contribution in [0.4, 0.5) is 10.5 Å². The molecule has 0 fully saturated rings. The maximum atomic E-state index is 11.7. The normalized spacial score (nSPS) is 10.4. The first-order chi connectivity index (χ1) is 9.40. The number of ether oxygens (including phenoxy) is 1. The van der Waals surface area contributed by atoms with Gasteiger partial charge in [-0.3, -0.25) is 0 Å². The Morgan fingerprint density at radius 3 is 2.70 bits per heavy atom. The number of carboxylic acids is 1. The summed E-state index contributed by atoms with van der Waals surface area (Å²) in [6.45, 7) is 4.55. The molecule has 2 amide bonds. The summed E-state index contributed by atoms with van der Waals surface area (Å²) in [6.07, 6.45) is 0.101. The maximum Gasteiger partial charge on any atom is 0.337 e. The third-order valence-corrected chi connectivity index (χ3v) is 2.79. The van der Waals surface area contributed by atoms with Crippen molar-refractivity contribution < 1.29 is 19.4 Å². The predicted octanol–water partition coefficient (Wildman–Crippen LogP) is 2.69. The van der Waals surface area contributed by atoms with E-state index in [1.54, 1.807) is 6.07 Å². The Kier molecular flexibility index (Phi) is 6.47. The third-order valence-electron chi connectivity index (χ3n) is 2.30. The lowest BCUT2D eigenvalue weighted by molar-refractivity contribution is 0.0698. The fraction of sp³-hybridized carbons (Fsp3) is 0.385. The zero-order chi connectivity index (χ0) is 15.1. The SMILES string of the molecule is CC(C)OCCNC(=O)Nc1cc(Br)ccc1C(=O)O. The molecule has 0 heterocycles. The average Bonchev–Trinajstić information content (AvgIpc) is 2.34. The minimum absolute atomic E-state index is 0.0294. The number of rotatable bonds is 6. The number of anilines is 1. The van der Waals surface area contributed by atoms with Crippen LogP contribution in [0.1, 0.15) is 24.2 Å². The van der Waals surface area contributed by atoms with Crippen molar-refractivity contribution in [2.24, 2.45) is 0 Å². The number of carbonyl (C=O) groups is 2. The highest BCUT2D eigenvalue weighted by molar-refractivity contribution is 9.10. The molecule has 3 N–H and O–H groups in total. The molecular formula is C13H17BrN2O4. The Bertz CT molecular complexity index is 491. The van der Waals surface area contributed by atoms with E-state index in [0.717, 1.165) is 0 Å². The first kappa shape index (κ1) is 16.5. The van der Waals surface area contributed by atoms with Crippen LogP contribution >= 0.6 is 15.9 Å². The number of nitrogens with one attached hydrogen (secondary N) is 2.